The number of carbonyl (C=O) groups is 2. The smallest absolute Gasteiger partial charge is 0.326 e. The molecular formula is C18H25ClN2O3. The summed E-state index contributed by atoms with van der Waals surface area (Å²) < 4.78 is 4.99. The highest BCUT2D eigenvalue weighted by Gasteiger charge is 2.55. The molecule has 0 aromatic heterocycles. The van der Waals surface area contributed by atoms with Crippen LogP contribution < -0.4 is 5.32 Å². The van der Waals surface area contributed by atoms with Crippen LogP contribution in [0.15, 0.2) is 24.3 Å². The van der Waals surface area contributed by atoms with Gasteiger partial charge in [-0.1, -0.05) is 29.8 Å². The fraction of sp³-hybridized carbons (Fsp3) is 0.556. The highest BCUT2D eigenvalue weighted by molar-refractivity contribution is 6.31. The minimum Gasteiger partial charge on any atom is -0.468 e. The SMILES string of the molecule is COC(=O)[C@]1(C)C[C@H](C(=O)NC(C)C)[C@H](c2ccccc2Cl)N1C. The number of halogens is 1. The summed E-state index contributed by atoms with van der Waals surface area (Å²) in [4.78, 5) is 27.0. The van der Waals surface area contributed by atoms with Gasteiger partial charge in [0, 0.05) is 17.1 Å². The van der Waals surface area contributed by atoms with Crippen molar-refractivity contribution in [3.05, 3.63) is 34.9 Å². The molecule has 24 heavy (non-hydrogen) atoms. The van der Waals surface area contributed by atoms with Crippen LogP contribution in [0.2, 0.25) is 5.02 Å². The van der Waals surface area contributed by atoms with Gasteiger partial charge in [0.05, 0.1) is 13.0 Å². The number of hydrogen-bond donors (Lipinski definition) is 1. The van der Waals surface area contributed by atoms with Crippen molar-refractivity contribution in [1.82, 2.24) is 10.2 Å². The van der Waals surface area contributed by atoms with Crippen molar-refractivity contribution in [3.63, 3.8) is 0 Å². The fourth-order valence-electron chi connectivity index (χ4n) is 3.48. The van der Waals surface area contributed by atoms with Gasteiger partial charge < -0.3 is 10.1 Å². The number of ether oxygens (including phenoxy) is 1. The van der Waals surface area contributed by atoms with Crippen LogP contribution in [0.4, 0.5) is 0 Å². The molecule has 1 saturated heterocycles. The van der Waals surface area contributed by atoms with Crippen LogP contribution in [0.25, 0.3) is 0 Å². The molecule has 0 radical (unpaired) electrons. The number of likely N-dealkylation sites (N-methyl/N-ethyl adjacent to an activating group) is 1. The summed E-state index contributed by atoms with van der Waals surface area (Å²) in [5, 5.41) is 3.55. The molecule has 0 bridgehead atoms. The molecule has 6 heteroatoms. The summed E-state index contributed by atoms with van der Waals surface area (Å²) in [5.41, 5.74) is -0.0319. The maximum Gasteiger partial charge on any atom is 0.326 e. The molecule has 1 aliphatic heterocycles. The van der Waals surface area contributed by atoms with E-state index in [0.717, 1.165) is 5.56 Å². The Morgan fingerprint density at radius 2 is 2.00 bits per heavy atom. The van der Waals surface area contributed by atoms with Crippen LogP contribution in [0.1, 0.15) is 38.8 Å². The monoisotopic (exact) mass is 352 g/mol. The van der Waals surface area contributed by atoms with Crippen molar-refractivity contribution in [2.24, 2.45) is 5.92 Å². The third kappa shape index (κ3) is 3.28. The first-order chi connectivity index (χ1) is 11.2. The molecule has 3 atom stereocenters. The molecular weight excluding hydrogens is 328 g/mol. The Labute approximate surface area is 148 Å². The number of esters is 1. The normalized spacial score (nSPS) is 27.3. The van der Waals surface area contributed by atoms with Crippen LogP contribution in [0.3, 0.4) is 0 Å². The number of methoxy groups -OCH3 is 1. The Morgan fingerprint density at radius 1 is 1.38 bits per heavy atom. The molecule has 1 aromatic carbocycles. The van der Waals surface area contributed by atoms with E-state index in [9.17, 15) is 9.59 Å². The van der Waals surface area contributed by atoms with Crippen LogP contribution in [0, 0.1) is 5.92 Å². The van der Waals surface area contributed by atoms with Crippen molar-refractivity contribution in [3.8, 4) is 0 Å². The van der Waals surface area contributed by atoms with E-state index in [-0.39, 0.29) is 29.9 Å². The zero-order valence-corrected chi connectivity index (χ0v) is 15.6. The first kappa shape index (κ1) is 18.7. The van der Waals surface area contributed by atoms with Crippen molar-refractivity contribution in [2.45, 2.75) is 44.8 Å². The second-order valence-electron chi connectivity index (χ2n) is 6.82. The highest BCUT2D eigenvalue weighted by atomic mass is 35.5. The second-order valence-corrected chi connectivity index (χ2v) is 7.22. The summed E-state index contributed by atoms with van der Waals surface area (Å²) in [7, 11) is 3.21. The predicted molar refractivity (Wildman–Crippen MR) is 93.8 cm³/mol. The maximum absolute atomic E-state index is 12.8. The molecule has 2 rings (SSSR count). The molecule has 1 amide bonds. The molecule has 1 aromatic rings. The quantitative estimate of drug-likeness (QED) is 0.846. The number of benzene rings is 1. The molecule has 132 valence electrons. The lowest BCUT2D eigenvalue weighted by molar-refractivity contribution is -0.152. The molecule has 5 nitrogen and oxygen atoms in total. The van der Waals surface area contributed by atoms with Crippen molar-refractivity contribution in [2.75, 3.05) is 14.2 Å². The lowest BCUT2D eigenvalue weighted by Gasteiger charge is -2.33. The summed E-state index contributed by atoms with van der Waals surface area (Å²) in [5.74, 6) is -0.808. The summed E-state index contributed by atoms with van der Waals surface area (Å²) in [6.45, 7) is 5.65. The van der Waals surface area contributed by atoms with Crippen LogP contribution in [-0.4, -0.2) is 42.5 Å². The number of likely N-dealkylation sites (tertiary alicyclic amines) is 1. The van der Waals surface area contributed by atoms with E-state index >= 15 is 0 Å². The van der Waals surface area contributed by atoms with Gasteiger partial charge in [-0.2, -0.15) is 0 Å². The third-order valence-electron chi connectivity index (χ3n) is 4.81. The van der Waals surface area contributed by atoms with Gasteiger partial charge in [-0.25, -0.2) is 0 Å². The van der Waals surface area contributed by atoms with E-state index in [1.54, 1.807) is 6.07 Å². The van der Waals surface area contributed by atoms with E-state index in [1.807, 2.05) is 50.9 Å². The molecule has 0 saturated carbocycles. The van der Waals surface area contributed by atoms with Crippen molar-refractivity contribution >= 4 is 23.5 Å². The van der Waals surface area contributed by atoms with Gasteiger partial charge in [0.1, 0.15) is 5.54 Å². The molecule has 1 N–H and O–H groups in total. The second kappa shape index (κ2) is 7.11. The van der Waals surface area contributed by atoms with Gasteiger partial charge in [-0.05, 0) is 45.9 Å². The summed E-state index contributed by atoms with van der Waals surface area (Å²) in [6, 6.07) is 7.18. The summed E-state index contributed by atoms with van der Waals surface area (Å²) >= 11 is 6.38. The standard InChI is InChI=1S/C18H25ClN2O3/c1-11(2)20-16(22)13-10-18(3,17(23)24-5)21(4)15(13)12-8-6-7-9-14(12)19/h6-9,11,13,15H,10H2,1-5H3,(H,20,22)/t13-,15-,18-/m0/s1. The lowest BCUT2D eigenvalue weighted by Crippen LogP contribution is -2.47. The maximum atomic E-state index is 12.8. The Bertz CT molecular complexity index is 634. The number of hydrogen-bond acceptors (Lipinski definition) is 4. The van der Waals surface area contributed by atoms with E-state index in [2.05, 4.69) is 5.32 Å². The Balaban J connectivity index is 2.48. The minimum atomic E-state index is -0.877. The van der Waals surface area contributed by atoms with Gasteiger partial charge in [0.15, 0.2) is 0 Å². The molecule has 1 aliphatic rings. The molecule has 0 spiro atoms. The number of amides is 1. The first-order valence-corrected chi connectivity index (χ1v) is 8.46. The zero-order chi connectivity index (χ0) is 18.1. The van der Waals surface area contributed by atoms with Gasteiger partial charge >= 0.3 is 5.97 Å². The molecule has 0 unspecified atom stereocenters. The Kier molecular flexibility index (Phi) is 5.56. The van der Waals surface area contributed by atoms with Crippen molar-refractivity contribution in [1.29, 1.82) is 0 Å². The van der Waals surface area contributed by atoms with E-state index in [1.165, 1.54) is 7.11 Å². The highest BCUT2D eigenvalue weighted by Crippen LogP contribution is 2.47. The van der Waals surface area contributed by atoms with E-state index in [0.29, 0.717) is 11.4 Å². The number of carbonyl (C=O) groups excluding carboxylic acids is 2. The Hall–Kier alpha value is -1.59. The van der Waals surface area contributed by atoms with Gasteiger partial charge in [0.2, 0.25) is 5.91 Å². The summed E-state index contributed by atoms with van der Waals surface area (Å²) in [6.07, 6.45) is 0.380. The van der Waals surface area contributed by atoms with Crippen LogP contribution >= 0.6 is 11.6 Å². The molecule has 0 aliphatic carbocycles. The topological polar surface area (TPSA) is 58.6 Å². The largest absolute Gasteiger partial charge is 0.468 e. The first-order valence-electron chi connectivity index (χ1n) is 8.08. The molecule has 1 fully saturated rings. The van der Waals surface area contributed by atoms with E-state index < -0.39 is 5.54 Å². The number of nitrogens with zero attached hydrogens (tertiary/aromatic N) is 1. The van der Waals surface area contributed by atoms with Crippen LogP contribution in [0.5, 0.6) is 0 Å². The van der Waals surface area contributed by atoms with Gasteiger partial charge in [-0.15, -0.1) is 0 Å². The minimum absolute atomic E-state index is 0.0275. The number of nitrogens with one attached hydrogen (secondary N) is 1. The zero-order valence-electron chi connectivity index (χ0n) is 14.8. The lowest BCUT2D eigenvalue weighted by atomic mass is 9.89. The number of rotatable bonds is 4. The van der Waals surface area contributed by atoms with Crippen molar-refractivity contribution < 1.29 is 14.3 Å². The Morgan fingerprint density at radius 3 is 2.54 bits per heavy atom. The van der Waals surface area contributed by atoms with E-state index in [4.69, 9.17) is 16.3 Å². The average molecular weight is 353 g/mol. The molecule has 1 heterocycles. The predicted octanol–water partition coefficient (Wildman–Crippen LogP) is 2.79. The average Bonchev–Trinajstić information content (AvgIpc) is 2.80. The third-order valence-corrected chi connectivity index (χ3v) is 5.16. The van der Waals surface area contributed by atoms with Gasteiger partial charge in [0.25, 0.3) is 0 Å². The fourth-order valence-corrected chi connectivity index (χ4v) is 3.72. The van der Waals surface area contributed by atoms with Crippen LogP contribution in [-0.2, 0) is 14.3 Å². The van der Waals surface area contributed by atoms with Gasteiger partial charge in [-0.3, -0.25) is 14.5 Å².